The maximum atomic E-state index is 11.8. The Morgan fingerprint density at radius 3 is 2.89 bits per heavy atom. The fourth-order valence-corrected chi connectivity index (χ4v) is 1.58. The second-order valence-electron chi connectivity index (χ2n) is 4.65. The Morgan fingerprint density at radius 1 is 1.42 bits per heavy atom. The highest BCUT2D eigenvalue weighted by atomic mass is 19.4. The van der Waals surface area contributed by atoms with E-state index in [2.05, 4.69) is 20.4 Å². The molecule has 2 rings (SSSR count). The molecule has 1 aromatic rings. The molecule has 0 bridgehead atoms. The molecule has 19 heavy (non-hydrogen) atoms. The molecular formula is C11H17F3N4O. The number of nitrogens with one attached hydrogen (secondary N) is 1. The van der Waals surface area contributed by atoms with Crippen molar-refractivity contribution in [1.82, 2.24) is 20.3 Å². The van der Waals surface area contributed by atoms with Crippen LogP contribution < -0.4 is 5.32 Å². The van der Waals surface area contributed by atoms with Crippen LogP contribution in [0.4, 0.5) is 13.2 Å². The summed E-state index contributed by atoms with van der Waals surface area (Å²) in [5.41, 5.74) is 0.850. The highest BCUT2D eigenvalue weighted by Crippen LogP contribution is 2.18. The predicted molar refractivity (Wildman–Crippen MR) is 61.4 cm³/mol. The van der Waals surface area contributed by atoms with E-state index in [1.54, 1.807) is 10.9 Å². The van der Waals surface area contributed by atoms with Crippen molar-refractivity contribution in [2.45, 2.75) is 44.6 Å². The number of rotatable bonds is 8. The van der Waals surface area contributed by atoms with Crippen LogP contribution >= 0.6 is 0 Å². The van der Waals surface area contributed by atoms with Gasteiger partial charge in [-0.15, -0.1) is 5.10 Å². The van der Waals surface area contributed by atoms with Crippen LogP contribution in [-0.2, 0) is 17.8 Å². The van der Waals surface area contributed by atoms with Gasteiger partial charge < -0.3 is 10.1 Å². The van der Waals surface area contributed by atoms with Gasteiger partial charge in [-0.1, -0.05) is 5.21 Å². The van der Waals surface area contributed by atoms with Gasteiger partial charge in [-0.2, -0.15) is 13.2 Å². The Kier molecular flexibility index (Phi) is 4.76. The van der Waals surface area contributed by atoms with Gasteiger partial charge in [-0.3, -0.25) is 4.68 Å². The number of halogens is 3. The molecule has 0 amide bonds. The summed E-state index contributed by atoms with van der Waals surface area (Å²) in [5.74, 6) is 0. The SMILES string of the molecule is FC(F)(F)COCCCn1cc(CNC2CC2)nn1. The Bertz CT molecular complexity index is 390. The molecule has 1 N–H and O–H groups in total. The van der Waals surface area contributed by atoms with Crippen molar-refractivity contribution in [2.24, 2.45) is 0 Å². The van der Waals surface area contributed by atoms with Crippen LogP contribution in [0.15, 0.2) is 6.20 Å². The van der Waals surface area contributed by atoms with E-state index in [1.807, 2.05) is 0 Å². The average molecular weight is 278 g/mol. The van der Waals surface area contributed by atoms with Gasteiger partial charge in [0.05, 0.1) is 5.69 Å². The van der Waals surface area contributed by atoms with Crippen molar-refractivity contribution in [3.8, 4) is 0 Å². The van der Waals surface area contributed by atoms with E-state index in [1.165, 1.54) is 12.8 Å². The number of aryl methyl sites for hydroxylation is 1. The van der Waals surface area contributed by atoms with Crippen molar-refractivity contribution >= 4 is 0 Å². The minimum atomic E-state index is -4.26. The normalized spacial score (nSPS) is 15.9. The summed E-state index contributed by atoms with van der Waals surface area (Å²) in [6, 6.07) is 0.612. The zero-order valence-electron chi connectivity index (χ0n) is 10.5. The van der Waals surface area contributed by atoms with Gasteiger partial charge in [0.2, 0.25) is 0 Å². The first kappa shape index (κ1) is 14.3. The average Bonchev–Trinajstić information content (AvgIpc) is 3.05. The number of hydrogen-bond donors (Lipinski definition) is 1. The highest BCUT2D eigenvalue weighted by Gasteiger charge is 2.27. The van der Waals surface area contributed by atoms with Gasteiger partial charge in [0, 0.05) is 31.9 Å². The second kappa shape index (κ2) is 6.33. The summed E-state index contributed by atoms with van der Waals surface area (Å²) in [6.45, 7) is 0.0689. The van der Waals surface area contributed by atoms with Crippen LogP contribution in [0, 0.1) is 0 Å². The Balaban J connectivity index is 1.57. The highest BCUT2D eigenvalue weighted by molar-refractivity contribution is 4.94. The number of hydrogen-bond acceptors (Lipinski definition) is 4. The molecule has 1 aliphatic rings. The fourth-order valence-electron chi connectivity index (χ4n) is 1.58. The molecule has 0 unspecified atom stereocenters. The minimum Gasteiger partial charge on any atom is -0.372 e. The molecule has 1 aromatic heterocycles. The summed E-state index contributed by atoms with van der Waals surface area (Å²) in [7, 11) is 0. The monoisotopic (exact) mass is 278 g/mol. The molecule has 1 aliphatic carbocycles. The van der Waals surface area contributed by atoms with Gasteiger partial charge in [0.25, 0.3) is 0 Å². The van der Waals surface area contributed by atoms with E-state index >= 15 is 0 Å². The molecule has 1 fully saturated rings. The van der Waals surface area contributed by atoms with Crippen molar-refractivity contribution < 1.29 is 17.9 Å². The van der Waals surface area contributed by atoms with Gasteiger partial charge >= 0.3 is 6.18 Å². The first-order valence-corrected chi connectivity index (χ1v) is 6.30. The molecule has 0 atom stereocenters. The van der Waals surface area contributed by atoms with Crippen LogP contribution in [0.5, 0.6) is 0 Å². The maximum Gasteiger partial charge on any atom is 0.411 e. The summed E-state index contributed by atoms with van der Waals surface area (Å²) >= 11 is 0. The third-order valence-electron chi connectivity index (χ3n) is 2.68. The van der Waals surface area contributed by atoms with Gasteiger partial charge in [-0.25, -0.2) is 0 Å². The minimum absolute atomic E-state index is 0.0645. The molecule has 0 saturated heterocycles. The van der Waals surface area contributed by atoms with E-state index in [0.717, 1.165) is 5.69 Å². The standard InChI is InChI=1S/C11H17F3N4O/c12-11(13,14)8-19-5-1-4-18-7-10(16-17-18)6-15-9-2-3-9/h7,9,15H,1-6,8H2. The van der Waals surface area contributed by atoms with E-state index in [-0.39, 0.29) is 6.61 Å². The molecule has 1 heterocycles. The molecule has 1 saturated carbocycles. The van der Waals surface area contributed by atoms with E-state index in [9.17, 15) is 13.2 Å². The smallest absolute Gasteiger partial charge is 0.372 e. The van der Waals surface area contributed by atoms with E-state index in [4.69, 9.17) is 0 Å². The summed E-state index contributed by atoms with van der Waals surface area (Å²) in [4.78, 5) is 0. The molecule has 108 valence electrons. The van der Waals surface area contributed by atoms with Crippen molar-refractivity contribution in [3.05, 3.63) is 11.9 Å². The predicted octanol–water partition coefficient (Wildman–Crippen LogP) is 1.50. The van der Waals surface area contributed by atoms with Crippen LogP contribution in [0.25, 0.3) is 0 Å². The van der Waals surface area contributed by atoms with Gasteiger partial charge in [-0.05, 0) is 19.3 Å². The number of nitrogens with zero attached hydrogens (tertiary/aromatic N) is 3. The third-order valence-corrected chi connectivity index (χ3v) is 2.68. The lowest BCUT2D eigenvalue weighted by Gasteiger charge is -2.07. The van der Waals surface area contributed by atoms with Crippen LogP contribution in [0.3, 0.4) is 0 Å². The second-order valence-corrected chi connectivity index (χ2v) is 4.65. The van der Waals surface area contributed by atoms with Crippen molar-refractivity contribution in [2.75, 3.05) is 13.2 Å². The topological polar surface area (TPSA) is 52.0 Å². The van der Waals surface area contributed by atoms with Crippen LogP contribution in [0.2, 0.25) is 0 Å². The molecule has 0 radical (unpaired) electrons. The zero-order chi connectivity index (χ0) is 13.7. The molecule has 8 heteroatoms. The number of ether oxygens (including phenoxy) is 1. The van der Waals surface area contributed by atoms with Crippen molar-refractivity contribution in [1.29, 1.82) is 0 Å². The summed E-state index contributed by atoms with van der Waals surface area (Å²) in [5, 5.41) is 11.2. The van der Waals surface area contributed by atoms with Crippen LogP contribution in [-0.4, -0.2) is 40.4 Å². The first-order valence-electron chi connectivity index (χ1n) is 6.30. The lowest BCUT2D eigenvalue weighted by molar-refractivity contribution is -0.174. The zero-order valence-corrected chi connectivity index (χ0v) is 10.5. The third kappa shape index (κ3) is 6.02. The fraction of sp³-hybridized carbons (Fsp3) is 0.818. The lowest BCUT2D eigenvalue weighted by Crippen LogP contribution is -2.17. The Morgan fingerprint density at radius 2 is 2.21 bits per heavy atom. The Labute approximate surface area is 109 Å². The molecule has 5 nitrogen and oxygen atoms in total. The van der Waals surface area contributed by atoms with E-state index in [0.29, 0.717) is 25.6 Å². The largest absolute Gasteiger partial charge is 0.411 e. The van der Waals surface area contributed by atoms with Crippen molar-refractivity contribution in [3.63, 3.8) is 0 Å². The lowest BCUT2D eigenvalue weighted by atomic mass is 10.4. The quantitative estimate of drug-likeness (QED) is 0.732. The van der Waals surface area contributed by atoms with Gasteiger partial charge in [0.1, 0.15) is 6.61 Å². The van der Waals surface area contributed by atoms with Gasteiger partial charge in [0.15, 0.2) is 0 Å². The summed E-state index contributed by atoms with van der Waals surface area (Å²) < 4.78 is 41.6. The Hall–Kier alpha value is -1.15. The maximum absolute atomic E-state index is 11.8. The van der Waals surface area contributed by atoms with Crippen LogP contribution in [0.1, 0.15) is 25.0 Å². The molecule has 0 aliphatic heterocycles. The molecule has 0 aromatic carbocycles. The summed E-state index contributed by atoms with van der Waals surface area (Å²) in [6.07, 6.45) is 0.457. The number of alkyl halides is 3. The molecule has 0 spiro atoms. The number of aromatic nitrogens is 3. The first-order chi connectivity index (χ1) is 9.03. The van der Waals surface area contributed by atoms with E-state index < -0.39 is 12.8 Å². The molecular weight excluding hydrogens is 261 g/mol.